The van der Waals surface area contributed by atoms with Gasteiger partial charge in [0.05, 0.1) is 24.3 Å². The molecule has 10 nitrogen and oxygen atoms in total. The molecule has 176 valence electrons. The predicted molar refractivity (Wildman–Crippen MR) is 130 cm³/mol. The van der Waals surface area contributed by atoms with Crippen molar-refractivity contribution in [3.8, 4) is 0 Å². The average molecular weight is 452 g/mol. The molecule has 10 heteroatoms. The van der Waals surface area contributed by atoms with E-state index in [0.717, 1.165) is 61.7 Å². The number of rotatable bonds is 7. The van der Waals surface area contributed by atoms with E-state index in [-0.39, 0.29) is 0 Å². The van der Waals surface area contributed by atoms with Crippen LogP contribution in [0.2, 0.25) is 0 Å². The van der Waals surface area contributed by atoms with E-state index in [1.54, 1.807) is 6.92 Å². The lowest BCUT2D eigenvalue weighted by Gasteiger charge is -2.33. The largest absolute Gasteiger partial charge is 0.392 e. The first-order valence-electron chi connectivity index (χ1n) is 11.9. The summed E-state index contributed by atoms with van der Waals surface area (Å²) in [5, 5.41) is 16.2. The molecule has 1 saturated carbocycles. The highest BCUT2D eigenvalue weighted by Gasteiger charge is 2.22. The van der Waals surface area contributed by atoms with E-state index in [1.165, 1.54) is 12.8 Å². The number of nitrogens with one attached hydrogen (secondary N) is 2. The normalized spacial score (nSPS) is 18.7. The van der Waals surface area contributed by atoms with Crippen LogP contribution in [0, 0.1) is 0 Å². The van der Waals surface area contributed by atoms with Crippen LogP contribution >= 0.6 is 0 Å². The minimum atomic E-state index is -0.494. The molecule has 33 heavy (non-hydrogen) atoms. The highest BCUT2D eigenvalue weighted by molar-refractivity contribution is 5.86. The van der Waals surface area contributed by atoms with Crippen LogP contribution in [0.5, 0.6) is 0 Å². The number of pyridine rings is 1. The van der Waals surface area contributed by atoms with Crippen LogP contribution in [0.15, 0.2) is 24.7 Å². The molecule has 3 N–H and O–H groups in total. The third kappa shape index (κ3) is 4.86. The number of nitrogens with zero attached hydrogens (tertiary/aromatic N) is 7. The zero-order chi connectivity index (χ0) is 22.8. The predicted octanol–water partition coefficient (Wildman–Crippen LogP) is 2.62. The Kier molecular flexibility index (Phi) is 6.28. The molecule has 1 atom stereocenters. The maximum absolute atomic E-state index is 9.70. The molecule has 1 unspecified atom stereocenters. The minimum absolute atomic E-state index is 0.379. The Balaban J connectivity index is 1.41. The third-order valence-electron chi connectivity index (χ3n) is 6.53. The van der Waals surface area contributed by atoms with E-state index in [0.29, 0.717) is 24.4 Å². The van der Waals surface area contributed by atoms with Gasteiger partial charge in [0.2, 0.25) is 5.95 Å². The van der Waals surface area contributed by atoms with Gasteiger partial charge >= 0.3 is 0 Å². The van der Waals surface area contributed by atoms with Gasteiger partial charge in [-0.15, -0.1) is 0 Å². The summed E-state index contributed by atoms with van der Waals surface area (Å²) in [6.07, 6.45) is 8.00. The number of hydrogen-bond donors (Lipinski definition) is 3. The van der Waals surface area contributed by atoms with E-state index >= 15 is 0 Å². The summed E-state index contributed by atoms with van der Waals surface area (Å²) in [6.45, 7) is 6.18. The molecular formula is C23H33N9O. The molecule has 1 saturated heterocycles. The monoisotopic (exact) mass is 451 g/mol. The Morgan fingerprint density at radius 1 is 1.09 bits per heavy atom. The second-order valence-corrected chi connectivity index (χ2v) is 9.21. The molecule has 0 bridgehead atoms. The highest BCUT2D eigenvalue weighted by atomic mass is 16.3. The molecule has 0 aromatic carbocycles. The van der Waals surface area contributed by atoms with Crippen molar-refractivity contribution in [3.63, 3.8) is 0 Å². The fourth-order valence-corrected chi connectivity index (χ4v) is 4.59. The molecule has 1 aliphatic heterocycles. The number of aliphatic hydroxyl groups excluding tert-OH is 1. The molecule has 2 aliphatic rings. The van der Waals surface area contributed by atoms with Crippen molar-refractivity contribution in [3.05, 3.63) is 24.7 Å². The minimum Gasteiger partial charge on any atom is -0.392 e. The standard InChI is InChI=1S/C23H33N9O/c1-16(33)13-25-23-28-21(20-22(29-23)32(15-26-20)18-5-3-4-6-18)27-17-7-8-19(24-14-17)31-11-9-30(2)10-12-31/h7-8,14-16,18,33H,3-6,9-13H2,1-2H3,(H2,25,27,28,29). The molecule has 5 rings (SSSR count). The van der Waals surface area contributed by atoms with Gasteiger partial charge in [0.25, 0.3) is 0 Å². The number of hydrogen-bond acceptors (Lipinski definition) is 9. The molecule has 0 amide bonds. The highest BCUT2D eigenvalue weighted by Crippen LogP contribution is 2.33. The Labute approximate surface area is 194 Å². The first kappa shape index (κ1) is 21.8. The summed E-state index contributed by atoms with van der Waals surface area (Å²) in [5.41, 5.74) is 2.41. The summed E-state index contributed by atoms with van der Waals surface area (Å²) >= 11 is 0. The fraction of sp³-hybridized carbons (Fsp3) is 0.565. The van der Waals surface area contributed by atoms with Crippen LogP contribution in [0.1, 0.15) is 38.6 Å². The number of imidazole rings is 1. The lowest BCUT2D eigenvalue weighted by atomic mass is 10.2. The quantitative estimate of drug-likeness (QED) is 0.500. The summed E-state index contributed by atoms with van der Waals surface area (Å²) < 4.78 is 2.18. The second kappa shape index (κ2) is 9.48. The molecule has 0 spiro atoms. The Morgan fingerprint density at radius 3 is 2.58 bits per heavy atom. The van der Waals surface area contributed by atoms with Gasteiger partial charge in [0.1, 0.15) is 5.82 Å². The van der Waals surface area contributed by atoms with Crippen molar-refractivity contribution in [2.75, 3.05) is 55.3 Å². The lowest BCUT2D eigenvalue weighted by Crippen LogP contribution is -2.44. The SMILES string of the molecule is CC(O)CNc1nc(Nc2ccc(N3CCN(C)CC3)nc2)c2ncn(C3CCCC3)c2n1. The number of aliphatic hydroxyl groups is 1. The van der Waals surface area contributed by atoms with E-state index in [2.05, 4.69) is 53.1 Å². The lowest BCUT2D eigenvalue weighted by molar-refractivity contribution is 0.208. The first-order valence-corrected chi connectivity index (χ1v) is 11.9. The zero-order valence-electron chi connectivity index (χ0n) is 19.4. The van der Waals surface area contributed by atoms with Gasteiger partial charge < -0.3 is 30.1 Å². The van der Waals surface area contributed by atoms with E-state index < -0.39 is 6.10 Å². The molecule has 4 heterocycles. The number of piperazine rings is 1. The number of anilines is 4. The van der Waals surface area contributed by atoms with Crippen LogP contribution in [-0.2, 0) is 0 Å². The smallest absolute Gasteiger partial charge is 0.226 e. The van der Waals surface area contributed by atoms with Gasteiger partial charge in [-0.3, -0.25) is 0 Å². The van der Waals surface area contributed by atoms with E-state index in [4.69, 9.17) is 4.98 Å². The topological polar surface area (TPSA) is 107 Å². The van der Waals surface area contributed by atoms with Crippen molar-refractivity contribution in [1.29, 1.82) is 0 Å². The van der Waals surface area contributed by atoms with Crippen molar-refractivity contribution in [2.45, 2.75) is 44.8 Å². The van der Waals surface area contributed by atoms with Crippen LogP contribution in [0.4, 0.5) is 23.3 Å². The zero-order valence-corrected chi connectivity index (χ0v) is 19.4. The molecule has 2 fully saturated rings. The van der Waals surface area contributed by atoms with Crippen molar-refractivity contribution in [1.82, 2.24) is 29.4 Å². The van der Waals surface area contributed by atoms with E-state index in [9.17, 15) is 5.11 Å². The summed E-state index contributed by atoms with van der Waals surface area (Å²) in [6, 6.07) is 4.51. The first-order chi connectivity index (χ1) is 16.1. The molecule has 3 aromatic rings. The van der Waals surface area contributed by atoms with Crippen LogP contribution in [-0.4, -0.2) is 80.4 Å². The van der Waals surface area contributed by atoms with Gasteiger partial charge in [-0.2, -0.15) is 9.97 Å². The van der Waals surface area contributed by atoms with Crippen LogP contribution in [0.3, 0.4) is 0 Å². The van der Waals surface area contributed by atoms with E-state index in [1.807, 2.05) is 18.6 Å². The van der Waals surface area contributed by atoms with Gasteiger partial charge in [-0.05, 0) is 38.9 Å². The van der Waals surface area contributed by atoms with Gasteiger partial charge in [-0.25, -0.2) is 9.97 Å². The molecular weight excluding hydrogens is 418 g/mol. The van der Waals surface area contributed by atoms with Gasteiger partial charge in [0, 0.05) is 38.8 Å². The third-order valence-corrected chi connectivity index (χ3v) is 6.53. The number of fused-ring (bicyclic) bond motifs is 1. The molecule has 3 aromatic heterocycles. The Bertz CT molecular complexity index is 1070. The Hall–Kier alpha value is -2.98. The maximum atomic E-state index is 9.70. The number of aromatic nitrogens is 5. The molecule has 1 aliphatic carbocycles. The molecule has 0 radical (unpaired) electrons. The van der Waals surface area contributed by atoms with Crippen LogP contribution < -0.4 is 15.5 Å². The van der Waals surface area contributed by atoms with Gasteiger partial charge in [0.15, 0.2) is 17.0 Å². The van der Waals surface area contributed by atoms with Gasteiger partial charge in [-0.1, -0.05) is 12.8 Å². The van der Waals surface area contributed by atoms with Crippen molar-refractivity contribution in [2.24, 2.45) is 0 Å². The fourth-order valence-electron chi connectivity index (χ4n) is 4.59. The maximum Gasteiger partial charge on any atom is 0.226 e. The van der Waals surface area contributed by atoms with Crippen molar-refractivity contribution >= 4 is 34.4 Å². The summed E-state index contributed by atoms with van der Waals surface area (Å²) in [7, 11) is 2.15. The average Bonchev–Trinajstić information content (AvgIpc) is 3.49. The summed E-state index contributed by atoms with van der Waals surface area (Å²) in [5.74, 6) is 2.11. The Morgan fingerprint density at radius 2 is 1.88 bits per heavy atom. The number of likely N-dealkylation sites (N-methyl/N-ethyl adjacent to an activating group) is 1. The second-order valence-electron chi connectivity index (χ2n) is 9.21. The summed E-state index contributed by atoms with van der Waals surface area (Å²) in [4.78, 5) is 23.4. The van der Waals surface area contributed by atoms with Crippen LogP contribution in [0.25, 0.3) is 11.2 Å². The van der Waals surface area contributed by atoms with Crippen molar-refractivity contribution < 1.29 is 5.11 Å².